The fourth-order valence-electron chi connectivity index (χ4n) is 5.51. The molecule has 37 heavy (non-hydrogen) atoms. The number of aryl methyl sites for hydroxylation is 2. The van der Waals surface area contributed by atoms with Gasteiger partial charge in [0.05, 0.1) is 34.8 Å². The zero-order chi connectivity index (χ0) is 25.7. The number of hydrogen-bond acceptors (Lipinski definition) is 7. The van der Waals surface area contributed by atoms with Gasteiger partial charge in [0.25, 0.3) is 0 Å². The second-order valence-electron chi connectivity index (χ2n) is 9.89. The van der Waals surface area contributed by atoms with E-state index in [2.05, 4.69) is 47.4 Å². The first-order chi connectivity index (χ1) is 18.0. The zero-order valence-corrected chi connectivity index (χ0v) is 21.3. The maximum absolute atomic E-state index is 13.8. The van der Waals surface area contributed by atoms with E-state index in [1.807, 2.05) is 37.3 Å². The van der Waals surface area contributed by atoms with Crippen molar-refractivity contribution in [2.75, 3.05) is 29.9 Å². The van der Waals surface area contributed by atoms with Crippen LogP contribution in [-0.2, 0) is 9.53 Å². The molecule has 2 heterocycles. The average molecular weight is 496 g/mol. The number of fused-ring (bicyclic) bond motifs is 2. The van der Waals surface area contributed by atoms with E-state index >= 15 is 0 Å². The lowest BCUT2D eigenvalue weighted by molar-refractivity contribution is -0.148. The van der Waals surface area contributed by atoms with Crippen molar-refractivity contribution in [3.8, 4) is 11.3 Å². The first kappa shape index (κ1) is 23.3. The highest BCUT2D eigenvalue weighted by atomic mass is 16.5. The molecule has 1 N–H and O–H groups in total. The standard InChI is InChI=1S/C30H29N3O4/c1-4-36-30(35)19-11-13-33(14-12-19)24-16-23(31-22-15-17(2)9-10-18(22)3)25-26-27(24)32-37-29(26)21-8-6-5-7-20(21)28(25)34/h5-10,15-16,19,31H,4,11-14H2,1-3H3. The second-order valence-corrected chi connectivity index (χ2v) is 9.89. The molecule has 7 nitrogen and oxygen atoms in total. The summed E-state index contributed by atoms with van der Waals surface area (Å²) in [4.78, 5) is 28.4. The maximum atomic E-state index is 13.8. The molecule has 0 unspecified atom stereocenters. The summed E-state index contributed by atoms with van der Waals surface area (Å²) in [6, 6.07) is 15.8. The summed E-state index contributed by atoms with van der Waals surface area (Å²) in [7, 11) is 0. The highest BCUT2D eigenvalue weighted by Gasteiger charge is 2.35. The molecule has 0 spiro atoms. The van der Waals surface area contributed by atoms with Gasteiger partial charge in [-0.2, -0.15) is 0 Å². The van der Waals surface area contributed by atoms with Gasteiger partial charge in [0, 0.05) is 29.9 Å². The summed E-state index contributed by atoms with van der Waals surface area (Å²) >= 11 is 0. The molecule has 3 aromatic carbocycles. The SMILES string of the molecule is CCOC(=O)C1CCN(c2cc(Nc3cc(C)ccc3C)c3c4c(onc24)-c2ccccc2C3=O)CC1. The number of carbonyl (C=O) groups is 2. The van der Waals surface area contributed by atoms with Gasteiger partial charge in [-0.1, -0.05) is 41.6 Å². The Kier molecular flexibility index (Phi) is 5.71. The van der Waals surface area contributed by atoms with Crippen molar-refractivity contribution in [1.29, 1.82) is 0 Å². The Bertz CT molecular complexity index is 1550. The van der Waals surface area contributed by atoms with Crippen molar-refractivity contribution in [2.24, 2.45) is 5.92 Å². The summed E-state index contributed by atoms with van der Waals surface area (Å²) < 4.78 is 11.2. The molecule has 0 bridgehead atoms. The number of nitrogens with one attached hydrogen (secondary N) is 1. The first-order valence-electron chi connectivity index (χ1n) is 12.8. The van der Waals surface area contributed by atoms with Crippen LogP contribution in [0, 0.1) is 19.8 Å². The van der Waals surface area contributed by atoms with Crippen LogP contribution in [0.25, 0.3) is 22.2 Å². The van der Waals surface area contributed by atoms with E-state index in [-0.39, 0.29) is 17.7 Å². The van der Waals surface area contributed by atoms with Crippen LogP contribution in [0.15, 0.2) is 53.1 Å². The van der Waals surface area contributed by atoms with Crippen LogP contribution >= 0.6 is 0 Å². The van der Waals surface area contributed by atoms with Crippen molar-refractivity contribution in [2.45, 2.75) is 33.6 Å². The van der Waals surface area contributed by atoms with E-state index in [0.29, 0.717) is 54.9 Å². The average Bonchev–Trinajstić information content (AvgIpc) is 3.35. The second kappa shape index (κ2) is 9.07. The van der Waals surface area contributed by atoms with E-state index in [9.17, 15) is 9.59 Å². The van der Waals surface area contributed by atoms with E-state index in [0.717, 1.165) is 39.1 Å². The largest absolute Gasteiger partial charge is 0.466 e. The van der Waals surface area contributed by atoms with Crippen molar-refractivity contribution in [1.82, 2.24) is 5.16 Å². The van der Waals surface area contributed by atoms with Gasteiger partial charge in [-0.15, -0.1) is 0 Å². The predicted molar refractivity (Wildman–Crippen MR) is 144 cm³/mol. The van der Waals surface area contributed by atoms with Gasteiger partial charge < -0.3 is 19.5 Å². The predicted octanol–water partition coefficient (Wildman–Crippen LogP) is 6.18. The van der Waals surface area contributed by atoms with Crippen molar-refractivity contribution in [3.63, 3.8) is 0 Å². The number of piperidine rings is 1. The molecule has 1 aliphatic carbocycles. The van der Waals surface area contributed by atoms with Gasteiger partial charge in [0.15, 0.2) is 11.5 Å². The van der Waals surface area contributed by atoms with Crippen molar-refractivity contribution < 1.29 is 18.8 Å². The Balaban J connectivity index is 1.49. The number of anilines is 3. The van der Waals surface area contributed by atoms with E-state index < -0.39 is 0 Å². The minimum atomic E-state index is -0.125. The minimum absolute atomic E-state index is 0.0447. The van der Waals surface area contributed by atoms with Gasteiger partial charge in [-0.3, -0.25) is 9.59 Å². The van der Waals surface area contributed by atoms with Gasteiger partial charge in [0.2, 0.25) is 0 Å². The number of esters is 1. The van der Waals surface area contributed by atoms with Gasteiger partial charge in [0.1, 0.15) is 5.52 Å². The Labute approximate surface area is 215 Å². The zero-order valence-electron chi connectivity index (χ0n) is 21.3. The number of hydrogen-bond donors (Lipinski definition) is 1. The lowest BCUT2D eigenvalue weighted by Crippen LogP contribution is -2.37. The van der Waals surface area contributed by atoms with E-state index in [1.165, 1.54) is 0 Å². The Morgan fingerprint density at radius 2 is 1.84 bits per heavy atom. The molecule has 1 aromatic heterocycles. The minimum Gasteiger partial charge on any atom is -0.466 e. The molecule has 4 aromatic rings. The Hall–Kier alpha value is -4.13. The first-order valence-corrected chi connectivity index (χ1v) is 12.8. The van der Waals surface area contributed by atoms with Crippen LogP contribution in [0.1, 0.15) is 46.8 Å². The number of ether oxygens (including phenoxy) is 1. The number of benzene rings is 3. The third-order valence-corrected chi connectivity index (χ3v) is 7.50. The Morgan fingerprint density at radius 1 is 1.08 bits per heavy atom. The molecule has 6 rings (SSSR count). The van der Waals surface area contributed by atoms with Crippen LogP contribution in [0.3, 0.4) is 0 Å². The third-order valence-electron chi connectivity index (χ3n) is 7.50. The lowest BCUT2D eigenvalue weighted by atomic mass is 9.86. The summed E-state index contributed by atoms with van der Waals surface area (Å²) in [6.07, 6.45) is 1.41. The summed E-state index contributed by atoms with van der Waals surface area (Å²) in [5, 5.41) is 8.78. The third kappa shape index (κ3) is 3.86. The quantitative estimate of drug-likeness (QED) is 0.292. The molecule has 188 valence electrons. The number of rotatable bonds is 5. The summed E-state index contributed by atoms with van der Waals surface area (Å²) in [5.41, 5.74) is 7.43. The van der Waals surface area contributed by atoms with Gasteiger partial charge in [-0.05, 0) is 56.9 Å². The molecule has 0 atom stereocenters. The lowest BCUT2D eigenvalue weighted by Gasteiger charge is -2.33. The highest BCUT2D eigenvalue weighted by Crippen LogP contribution is 2.47. The molecule has 1 aliphatic heterocycles. The molecule has 2 aliphatic rings. The number of aromatic nitrogens is 1. The van der Waals surface area contributed by atoms with Gasteiger partial charge >= 0.3 is 5.97 Å². The molecule has 1 saturated heterocycles. The van der Waals surface area contributed by atoms with Crippen LogP contribution in [0.5, 0.6) is 0 Å². The highest BCUT2D eigenvalue weighted by molar-refractivity contribution is 6.28. The number of nitrogens with zero attached hydrogens (tertiary/aromatic N) is 2. The number of ketones is 1. The molecule has 1 fully saturated rings. The molecular weight excluding hydrogens is 466 g/mol. The molecule has 0 saturated carbocycles. The maximum Gasteiger partial charge on any atom is 0.309 e. The normalized spacial score (nSPS) is 15.1. The smallest absolute Gasteiger partial charge is 0.309 e. The van der Waals surface area contributed by atoms with Crippen LogP contribution < -0.4 is 10.2 Å². The summed E-state index contributed by atoms with van der Waals surface area (Å²) in [6.45, 7) is 7.71. The fraction of sp³-hybridized carbons (Fsp3) is 0.300. The van der Waals surface area contributed by atoms with Crippen molar-refractivity contribution in [3.05, 3.63) is 70.8 Å². The monoisotopic (exact) mass is 495 g/mol. The van der Waals surface area contributed by atoms with E-state index in [4.69, 9.17) is 9.26 Å². The molecular formula is C30H29N3O4. The van der Waals surface area contributed by atoms with E-state index in [1.54, 1.807) is 0 Å². The van der Waals surface area contributed by atoms with Crippen LogP contribution in [0.4, 0.5) is 17.1 Å². The molecule has 7 heteroatoms. The topological polar surface area (TPSA) is 84.7 Å². The number of carbonyl (C=O) groups excluding carboxylic acids is 2. The molecule has 0 radical (unpaired) electrons. The fourth-order valence-corrected chi connectivity index (χ4v) is 5.51. The Morgan fingerprint density at radius 3 is 2.59 bits per heavy atom. The van der Waals surface area contributed by atoms with Crippen LogP contribution in [-0.4, -0.2) is 36.6 Å². The molecule has 0 amide bonds. The van der Waals surface area contributed by atoms with Crippen LogP contribution in [0.2, 0.25) is 0 Å². The van der Waals surface area contributed by atoms with Gasteiger partial charge in [-0.25, -0.2) is 0 Å². The summed E-state index contributed by atoms with van der Waals surface area (Å²) in [5.74, 6) is 0.350. The van der Waals surface area contributed by atoms with Crippen molar-refractivity contribution >= 4 is 39.7 Å².